The summed E-state index contributed by atoms with van der Waals surface area (Å²) >= 11 is 0. The summed E-state index contributed by atoms with van der Waals surface area (Å²) in [7, 11) is 0. The molecule has 5 heteroatoms. The Bertz CT molecular complexity index is 727. The van der Waals surface area contributed by atoms with Gasteiger partial charge in [-0.1, -0.05) is 36.4 Å². The number of carbonyl (C=O) groups is 2. The second-order valence-corrected chi connectivity index (χ2v) is 7.87. The molecule has 1 aromatic rings. The van der Waals surface area contributed by atoms with Gasteiger partial charge in [-0.3, -0.25) is 14.5 Å². The first-order chi connectivity index (χ1) is 12.6. The standard InChI is InChI=1S/C21H27N3O2/c1-16(25)22-19-14-21(18-7-3-2-6-17(18)19)8-12-23(13-9-21)15-20(26)24-10-4-5-11-24/h2-7,19H,8-15H2,1H3,(H,22,25)/t19-/m0/s1. The molecule has 0 radical (unpaired) electrons. The van der Waals surface area contributed by atoms with Crippen LogP contribution in [0, 0.1) is 0 Å². The lowest BCUT2D eigenvalue weighted by Gasteiger charge is -2.40. The van der Waals surface area contributed by atoms with Crippen LogP contribution in [-0.4, -0.2) is 54.3 Å². The van der Waals surface area contributed by atoms with Crippen LogP contribution in [0.4, 0.5) is 0 Å². The second-order valence-electron chi connectivity index (χ2n) is 7.87. The molecule has 1 atom stereocenters. The molecule has 1 fully saturated rings. The second kappa shape index (κ2) is 6.88. The van der Waals surface area contributed by atoms with Crippen molar-refractivity contribution in [1.82, 2.24) is 15.1 Å². The van der Waals surface area contributed by atoms with Crippen LogP contribution in [0.5, 0.6) is 0 Å². The van der Waals surface area contributed by atoms with Crippen LogP contribution in [0.15, 0.2) is 36.4 Å². The van der Waals surface area contributed by atoms with Crippen molar-refractivity contribution in [2.45, 2.75) is 37.6 Å². The largest absolute Gasteiger partial charge is 0.349 e. The van der Waals surface area contributed by atoms with E-state index in [1.54, 1.807) is 6.92 Å². The normalized spacial score (nSPS) is 24.0. The van der Waals surface area contributed by atoms with E-state index in [4.69, 9.17) is 0 Å². The molecule has 1 N–H and O–H groups in total. The summed E-state index contributed by atoms with van der Waals surface area (Å²) in [6, 6.07) is 8.67. The molecule has 5 nitrogen and oxygen atoms in total. The minimum absolute atomic E-state index is 0.0316. The highest BCUT2D eigenvalue weighted by molar-refractivity contribution is 5.79. The number of amides is 2. The van der Waals surface area contributed by atoms with Crippen molar-refractivity contribution in [2.75, 3.05) is 32.7 Å². The Morgan fingerprint density at radius 2 is 1.85 bits per heavy atom. The lowest BCUT2D eigenvalue weighted by molar-refractivity contribution is -0.131. The van der Waals surface area contributed by atoms with Crippen LogP contribution < -0.4 is 5.32 Å². The minimum Gasteiger partial charge on any atom is -0.349 e. The maximum absolute atomic E-state index is 12.4. The van der Waals surface area contributed by atoms with Crippen LogP contribution in [0.1, 0.15) is 43.4 Å². The van der Waals surface area contributed by atoms with Crippen LogP contribution in [0.25, 0.3) is 0 Å². The summed E-state index contributed by atoms with van der Waals surface area (Å²) in [6.45, 7) is 5.50. The summed E-state index contributed by atoms with van der Waals surface area (Å²) in [6.07, 6.45) is 7.18. The Hall–Kier alpha value is -2.14. The van der Waals surface area contributed by atoms with Gasteiger partial charge in [0, 0.05) is 25.4 Å². The third kappa shape index (κ3) is 3.16. The molecule has 2 heterocycles. The zero-order chi connectivity index (χ0) is 18.1. The van der Waals surface area contributed by atoms with E-state index in [2.05, 4.69) is 46.6 Å². The molecule has 138 valence electrons. The third-order valence-corrected chi connectivity index (χ3v) is 6.22. The predicted octanol–water partition coefficient (Wildman–Crippen LogP) is 2.00. The van der Waals surface area contributed by atoms with Crippen LogP contribution >= 0.6 is 0 Å². The average Bonchev–Trinajstić information content (AvgIpc) is 3.25. The molecule has 1 aromatic carbocycles. The van der Waals surface area contributed by atoms with Gasteiger partial charge in [0.05, 0.1) is 12.6 Å². The van der Waals surface area contributed by atoms with Gasteiger partial charge in [0.15, 0.2) is 0 Å². The van der Waals surface area contributed by atoms with Crippen molar-refractivity contribution >= 4 is 11.8 Å². The topological polar surface area (TPSA) is 52.7 Å². The number of likely N-dealkylation sites (tertiary alicyclic amines) is 1. The molecule has 26 heavy (non-hydrogen) atoms. The lowest BCUT2D eigenvalue weighted by Crippen LogP contribution is -2.46. The minimum atomic E-state index is 0.0316. The summed E-state index contributed by atoms with van der Waals surface area (Å²) in [5.41, 5.74) is 2.81. The molecule has 4 rings (SSSR count). The smallest absolute Gasteiger partial charge is 0.237 e. The maximum atomic E-state index is 12.4. The van der Waals surface area contributed by atoms with E-state index < -0.39 is 0 Å². The first-order valence-corrected chi connectivity index (χ1v) is 9.59. The number of benzene rings is 1. The molecule has 0 aromatic heterocycles. The number of piperidine rings is 1. The molecule has 0 unspecified atom stereocenters. The zero-order valence-electron chi connectivity index (χ0n) is 15.4. The fraction of sp³-hybridized carbons (Fsp3) is 0.524. The monoisotopic (exact) mass is 353 g/mol. The van der Waals surface area contributed by atoms with Gasteiger partial charge in [-0.15, -0.1) is 0 Å². The third-order valence-electron chi connectivity index (χ3n) is 6.22. The van der Waals surface area contributed by atoms with Crippen molar-refractivity contribution in [1.29, 1.82) is 0 Å². The predicted molar refractivity (Wildman–Crippen MR) is 101 cm³/mol. The summed E-state index contributed by atoms with van der Waals surface area (Å²) < 4.78 is 0. The number of nitrogens with one attached hydrogen (secondary N) is 1. The first-order valence-electron chi connectivity index (χ1n) is 9.59. The van der Waals surface area contributed by atoms with Gasteiger partial charge in [-0.25, -0.2) is 0 Å². The zero-order valence-corrected chi connectivity index (χ0v) is 15.4. The molecule has 0 saturated carbocycles. The van der Waals surface area contributed by atoms with Gasteiger partial charge in [0.1, 0.15) is 0 Å². The molecule has 2 aliphatic heterocycles. The SMILES string of the molecule is CC(=O)N[C@H]1CC2(CCN(CC(=O)N3CC=CC3)CC2)c2ccccc21. The number of fused-ring (bicyclic) bond motifs is 2. The summed E-state index contributed by atoms with van der Waals surface area (Å²) in [5.74, 6) is 0.262. The maximum Gasteiger partial charge on any atom is 0.237 e. The highest BCUT2D eigenvalue weighted by Crippen LogP contribution is 2.50. The molecule has 1 spiro atoms. The molecule has 1 aliphatic carbocycles. The number of carbonyl (C=O) groups excluding carboxylic acids is 2. The van der Waals surface area contributed by atoms with Gasteiger partial charge in [-0.2, -0.15) is 0 Å². The number of rotatable bonds is 3. The van der Waals surface area contributed by atoms with Gasteiger partial charge >= 0.3 is 0 Å². The van der Waals surface area contributed by atoms with E-state index >= 15 is 0 Å². The highest BCUT2D eigenvalue weighted by Gasteiger charge is 2.45. The summed E-state index contributed by atoms with van der Waals surface area (Å²) in [5, 5.41) is 3.13. The lowest BCUT2D eigenvalue weighted by atomic mass is 9.73. The first kappa shape index (κ1) is 17.3. The van der Waals surface area contributed by atoms with E-state index in [0.717, 1.165) is 45.4 Å². The van der Waals surface area contributed by atoms with Crippen molar-refractivity contribution in [3.8, 4) is 0 Å². The molecular formula is C21H27N3O2. The van der Waals surface area contributed by atoms with Crippen LogP contribution in [0.2, 0.25) is 0 Å². The van der Waals surface area contributed by atoms with E-state index in [-0.39, 0.29) is 23.3 Å². The fourth-order valence-electron chi connectivity index (χ4n) is 4.85. The Morgan fingerprint density at radius 1 is 1.15 bits per heavy atom. The van der Waals surface area contributed by atoms with E-state index in [1.807, 2.05) is 4.90 Å². The quantitative estimate of drug-likeness (QED) is 0.846. The molecule has 2 amide bonds. The molecule has 0 bridgehead atoms. The number of hydrogen-bond donors (Lipinski definition) is 1. The summed E-state index contributed by atoms with van der Waals surface area (Å²) in [4.78, 5) is 28.2. The van der Waals surface area contributed by atoms with Crippen molar-refractivity contribution < 1.29 is 9.59 Å². The van der Waals surface area contributed by atoms with E-state index in [9.17, 15) is 9.59 Å². The molecule has 3 aliphatic rings. The van der Waals surface area contributed by atoms with Gasteiger partial charge < -0.3 is 10.2 Å². The average molecular weight is 353 g/mol. The van der Waals surface area contributed by atoms with Gasteiger partial charge in [0.25, 0.3) is 0 Å². The van der Waals surface area contributed by atoms with Crippen molar-refractivity contribution in [2.24, 2.45) is 0 Å². The fourth-order valence-corrected chi connectivity index (χ4v) is 4.85. The Kier molecular flexibility index (Phi) is 4.57. The Morgan fingerprint density at radius 3 is 2.54 bits per heavy atom. The molecule has 1 saturated heterocycles. The van der Waals surface area contributed by atoms with Crippen molar-refractivity contribution in [3.05, 3.63) is 47.5 Å². The highest BCUT2D eigenvalue weighted by atomic mass is 16.2. The Labute approximate surface area is 155 Å². The molecular weight excluding hydrogens is 326 g/mol. The number of nitrogens with zero attached hydrogens (tertiary/aromatic N) is 2. The van der Waals surface area contributed by atoms with Gasteiger partial charge in [-0.05, 0) is 43.5 Å². The van der Waals surface area contributed by atoms with Gasteiger partial charge in [0.2, 0.25) is 11.8 Å². The number of hydrogen-bond acceptors (Lipinski definition) is 3. The Balaban J connectivity index is 1.43. The van der Waals surface area contributed by atoms with Crippen molar-refractivity contribution in [3.63, 3.8) is 0 Å². The van der Waals surface area contributed by atoms with Crippen LogP contribution in [0.3, 0.4) is 0 Å². The van der Waals surface area contributed by atoms with E-state index in [1.165, 1.54) is 11.1 Å². The van der Waals surface area contributed by atoms with E-state index in [0.29, 0.717) is 6.54 Å². The van der Waals surface area contributed by atoms with Crippen LogP contribution in [-0.2, 0) is 15.0 Å².